The van der Waals surface area contributed by atoms with Gasteiger partial charge in [0.05, 0.1) is 19.3 Å². The lowest BCUT2D eigenvalue weighted by molar-refractivity contribution is 0.0162. The lowest BCUT2D eigenvalue weighted by Crippen LogP contribution is -2.43. The first kappa shape index (κ1) is 18.6. The topological polar surface area (TPSA) is 41.6 Å². The molecule has 0 radical (unpaired) electrons. The van der Waals surface area contributed by atoms with Gasteiger partial charge in [-0.1, -0.05) is 49.4 Å². The van der Waals surface area contributed by atoms with Crippen LogP contribution in [0.3, 0.4) is 0 Å². The molecule has 1 fully saturated rings. The average Bonchev–Trinajstić information content (AvgIpc) is 2.69. The van der Waals surface area contributed by atoms with Gasteiger partial charge in [-0.2, -0.15) is 0 Å². The number of nitrogens with zero attached hydrogens (tertiary/aromatic N) is 1. The number of rotatable bonds is 6. The Bertz CT molecular complexity index is 721. The first-order valence-electron chi connectivity index (χ1n) is 9.43. The van der Waals surface area contributed by atoms with Gasteiger partial charge in [0.25, 0.3) is 5.91 Å². The summed E-state index contributed by atoms with van der Waals surface area (Å²) in [5.41, 5.74) is 4.32. The molecule has 1 atom stereocenters. The number of hydrogen-bond donors (Lipinski definition) is 1. The first-order valence-corrected chi connectivity index (χ1v) is 9.43. The van der Waals surface area contributed by atoms with Gasteiger partial charge < -0.3 is 10.1 Å². The van der Waals surface area contributed by atoms with Crippen LogP contribution in [0.25, 0.3) is 0 Å². The molecule has 1 saturated heterocycles. The molecule has 4 nitrogen and oxygen atoms in total. The number of carbonyl (C=O) groups excluding carboxylic acids is 1. The average molecular weight is 352 g/mol. The summed E-state index contributed by atoms with van der Waals surface area (Å²) in [6, 6.07) is 16.6. The van der Waals surface area contributed by atoms with Crippen molar-refractivity contribution >= 4 is 5.91 Å². The third-order valence-corrected chi connectivity index (χ3v) is 5.10. The second kappa shape index (κ2) is 8.97. The van der Waals surface area contributed by atoms with E-state index in [1.54, 1.807) is 0 Å². The number of ether oxygens (including phenoxy) is 1. The summed E-state index contributed by atoms with van der Waals surface area (Å²) in [7, 11) is 0. The largest absolute Gasteiger partial charge is 0.379 e. The molecule has 0 unspecified atom stereocenters. The Balaban J connectivity index is 1.74. The van der Waals surface area contributed by atoms with Gasteiger partial charge in [0.15, 0.2) is 0 Å². The van der Waals surface area contributed by atoms with Gasteiger partial charge in [-0.05, 0) is 36.1 Å². The van der Waals surface area contributed by atoms with E-state index >= 15 is 0 Å². The Hall–Kier alpha value is -2.17. The molecule has 2 aromatic rings. The number of carbonyl (C=O) groups is 1. The Morgan fingerprint density at radius 3 is 2.46 bits per heavy atom. The smallest absolute Gasteiger partial charge is 0.251 e. The van der Waals surface area contributed by atoms with E-state index in [0.717, 1.165) is 43.9 Å². The minimum Gasteiger partial charge on any atom is -0.379 e. The van der Waals surface area contributed by atoms with Crippen LogP contribution in [0.2, 0.25) is 0 Å². The molecule has 1 N–H and O–H groups in total. The fourth-order valence-corrected chi connectivity index (χ4v) is 3.43. The highest BCUT2D eigenvalue weighted by Gasteiger charge is 2.23. The first-order chi connectivity index (χ1) is 12.7. The van der Waals surface area contributed by atoms with Crippen LogP contribution in [-0.2, 0) is 11.2 Å². The summed E-state index contributed by atoms with van der Waals surface area (Å²) in [5, 5.41) is 3.14. The number of morpholine rings is 1. The standard InChI is InChI=1S/C22H28N2O2/c1-3-18-8-10-19(11-9-18)21(24-12-14-26-15-13-24)16-23-22(25)20-7-5-4-6-17(20)2/h4-11,21H,3,12-16H2,1-2H3,(H,23,25)/t21-/m0/s1. The van der Waals surface area contributed by atoms with Gasteiger partial charge in [0.1, 0.15) is 0 Å². The molecule has 4 heteroatoms. The van der Waals surface area contributed by atoms with Crippen molar-refractivity contribution in [3.63, 3.8) is 0 Å². The Labute approximate surface area is 156 Å². The van der Waals surface area contributed by atoms with Crippen molar-refractivity contribution in [3.05, 3.63) is 70.8 Å². The zero-order valence-corrected chi connectivity index (χ0v) is 15.7. The summed E-state index contributed by atoms with van der Waals surface area (Å²) < 4.78 is 5.50. The van der Waals surface area contributed by atoms with Gasteiger partial charge in [0.2, 0.25) is 0 Å². The van der Waals surface area contributed by atoms with Crippen LogP contribution in [0.15, 0.2) is 48.5 Å². The Kier molecular flexibility index (Phi) is 6.42. The van der Waals surface area contributed by atoms with Crippen molar-refractivity contribution in [2.45, 2.75) is 26.3 Å². The van der Waals surface area contributed by atoms with Crippen molar-refractivity contribution in [1.29, 1.82) is 0 Å². The fraction of sp³-hybridized carbons (Fsp3) is 0.409. The second-order valence-corrected chi connectivity index (χ2v) is 6.78. The number of benzene rings is 2. The third-order valence-electron chi connectivity index (χ3n) is 5.10. The highest BCUT2D eigenvalue weighted by molar-refractivity contribution is 5.95. The number of nitrogens with one attached hydrogen (secondary N) is 1. The van der Waals surface area contributed by atoms with Crippen LogP contribution >= 0.6 is 0 Å². The highest BCUT2D eigenvalue weighted by atomic mass is 16.5. The summed E-state index contributed by atoms with van der Waals surface area (Å²) >= 11 is 0. The number of hydrogen-bond acceptors (Lipinski definition) is 3. The van der Waals surface area contributed by atoms with E-state index in [-0.39, 0.29) is 11.9 Å². The Morgan fingerprint density at radius 2 is 1.81 bits per heavy atom. The summed E-state index contributed by atoms with van der Waals surface area (Å²) in [6.45, 7) is 8.00. The molecule has 26 heavy (non-hydrogen) atoms. The summed E-state index contributed by atoms with van der Waals surface area (Å²) in [5.74, 6) is -0.00784. The van der Waals surface area contributed by atoms with Crippen molar-refractivity contribution in [1.82, 2.24) is 10.2 Å². The summed E-state index contributed by atoms with van der Waals surface area (Å²) in [6.07, 6.45) is 1.03. The van der Waals surface area contributed by atoms with Crippen LogP contribution in [0.5, 0.6) is 0 Å². The van der Waals surface area contributed by atoms with Crippen LogP contribution in [0.4, 0.5) is 0 Å². The maximum absolute atomic E-state index is 12.6. The van der Waals surface area contributed by atoms with E-state index in [9.17, 15) is 4.79 Å². The highest BCUT2D eigenvalue weighted by Crippen LogP contribution is 2.22. The van der Waals surface area contributed by atoms with Crippen molar-refractivity contribution < 1.29 is 9.53 Å². The summed E-state index contributed by atoms with van der Waals surface area (Å²) in [4.78, 5) is 15.0. The van der Waals surface area contributed by atoms with E-state index in [0.29, 0.717) is 6.54 Å². The number of aryl methyl sites for hydroxylation is 2. The van der Waals surface area contributed by atoms with Gasteiger partial charge in [-0.25, -0.2) is 0 Å². The van der Waals surface area contributed by atoms with Gasteiger partial charge in [0, 0.05) is 25.2 Å². The molecule has 1 aliphatic heterocycles. The molecule has 3 rings (SSSR count). The van der Waals surface area contributed by atoms with Crippen molar-refractivity contribution in [3.8, 4) is 0 Å². The maximum atomic E-state index is 12.6. The molecule has 1 amide bonds. The SMILES string of the molecule is CCc1ccc([C@H](CNC(=O)c2ccccc2C)N2CCOCC2)cc1. The van der Waals surface area contributed by atoms with Crippen LogP contribution in [0.1, 0.15) is 40.0 Å². The number of amides is 1. The maximum Gasteiger partial charge on any atom is 0.251 e. The second-order valence-electron chi connectivity index (χ2n) is 6.78. The van der Waals surface area contributed by atoms with E-state index in [1.165, 1.54) is 11.1 Å². The molecule has 0 bridgehead atoms. The molecular weight excluding hydrogens is 324 g/mol. The monoisotopic (exact) mass is 352 g/mol. The lowest BCUT2D eigenvalue weighted by Gasteiger charge is -2.35. The van der Waals surface area contributed by atoms with Crippen LogP contribution in [-0.4, -0.2) is 43.7 Å². The minimum atomic E-state index is -0.00784. The van der Waals surface area contributed by atoms with E-state index in [2.05, 4.69) is 41.4 Å². The fourth-order valence-electron chi connectivity index (χ4n) is 3.43. The third kappa shape index (κ3) is 4.51. The normalized spacial score (nSPS) is 16.2. The van der Waals surface area contributed by atoms with E-state index in [4.69, 9.17) is 4.74 Å². The van der Waals surface area contributed by atoms with Gasteiger partial charge in [-0.15, -0.1) is 0 Å². The zero-order valence-electron chi connectivity index (χ0n) is 15.7. The molecule has 0 aliphatic carbocycles. The zero-order chi connectivity index (χ0) is 18.4. The molecule has 138 valence electrons. The predicted molar refractivity (Wildman–Crippen MR) is 104 cm³/mol. The molecular formula is C22H28N2O2. The van der Waals surface area contributed by atoms with Crippen LogP contribution in [0, 0.1) is 6.92 Å². The Morgan fingerprint density at radius 1 is 1.12 bits per heavy atom. The lowest BCUT2D eigenvalue weighted by atomic mass is 10.0. The van der Waals surface area contributed by atoms with Crippen LogP contribution < -0.4 is 5.32 Å². The van der Waals surface area contributed by atoms with E-state index < -0.39 is 0 Å². The van der Waals surface area contributed by atoms with Gasteiger partial charge >= 0.3 is 0 Å². The van der Waals surface area contributed by atoms with Crippen molar-refractivity contribution in [2.75, 3.05) is 32.8 Å². The molecule has 1 heterocycles. The van der Waals surface area contributed by atoms with Gasteiger partial charge in [-0.3, -0.25) is 9.69 Å². The molecule has 0 saturated carbocycles. The quantitative estimate of drug-likeness (QED) is 0.867. The predicted octanol–water partition coefficient (Wildman–Crippen LogP) is 3.36. The van der Waals surface area contributed by atoms with Crippen molar-refractivity contribution in [2.24, 2.45) is 0 Å². The molecule has 0 spiro atoms. The molecule has 0 aromatic heterocycles. The molecule has 1 aliphatic rings. The van der Waals surface area contributed by atoms with E-state index in [1.807, 2.05) is 31.2 Å². The molecule has 2 aromatic carbocycles. The minimum absolute atomic E-state index is 0.00784.